The van der Waals surface area contributed by atoms with E-state index in [1.807, 2.05) is 36.4 Å². The van der Waals surface area contributed by atoms with Crippen molar-refractivity contribution in [1.82, 2.24) is 0 Å². The predicted octanol–water partition coefficient (Wildman–Crippen LogP) is 4.18. The van der Waals surface area contributed by atoms with E-state index < -0.39 is 12.1 Å². The number of anilines is 2. The van der Waals surface area contributed by atoms with Crippen LogP contribution in [0.25, 0.3) is 0 Å². The van der Waals surface area contributed by atoms with Crippen molar-refractivity contribution in [1.29, 1.82) is 0 Å². The van der Waals surface area contributed by atoms with Gasteiger partial charge in [0.2, 0.25) is 0 Å². The zero-order valence-electron chi connectivity index (χ0n) is 17.3. The zero-order chi connectivity index (χ0) is 22.3. The van der Waals surface area contributed by atoms with Gasteiger partial charge in [-0.3, -0.25) is 10.1 Å². The van der Waals surface area contributed by atoms with E-state index in [-0.39, 0.29) is 19.1 Å². The molecule has 1 heterocycles. The van der Waals surface area contributed by atoms with Crippen molar-refractivity contribution < 1.29 is 23.9 Å². The van der Waals surface area contributed by atoms with Crippen molar-refractivity contribution in [2.45, 2.75) is 13.0 Å². The average molecular weight is 430 g/mol. The first-order valence-electron chi connectivity index (χ1n) is 10.2. The summed E-state index contributed by atoms with van der Waals surface area (Å²) in [5, 5.41) is 2.71. The Hall–Kier alpha value is -4.13. The van der Waals surface area contributed by atoms with E-state index in [0.29, 0.717) is 24.2 Å². The number of rotatable bonds is 6. The minimum atomic E-state index is -0.549. The van der Waals surface area contributed by atoms with Crippen LogP contribution in [0.5, 0.6) is 0 Å². The minimum Gasteiger partial charge on any atom is -0.452 e. The van der Waals surface area contributed by atoms with Gasteiger partial charge in [0, 0.05) is 17.9 Å². The van der Waals surface area contributed by atoms with Gasteiger partial charge in [0.25, 0.3) is 5.91 Å². The minimum absolute atomic E-state index is 0.182. The molecule has 1 N–H and O–H groups in total. The molecule has 1 aliphatic rings. The molecule has 3 aromatic carbocycles. The van der Waals surface area contributed by atoms with E-state index in [1.54, 1.807) is 47.4 Å². The van der Waals surface area contributed by atoms with Crippen LogP contribution < -0.4 is 10.2 Å². The molecule has 2 amide bonds. The van der Waals surface area contributed by atoms with Gasteiger partial charge in [-0.1, -0.05) is 48.5 Å². The number of nitrogens with zero attached hydrogens (tertiary/aromatic N) is 1. The summed E-state index contributed by atoms with van der Waals surface area (Å²) < 4.78 is 10.4. The molecule has 7 nitrogen and oxygen atoms in total. The highest BCUT2D eigenvalue weighted by molar-refractivity contribution is 5.99. The molecule has 32 heavy (non-hydrogen) atoms. The maximum atomic E-state index is 12.6. The monoisotopic (exact) mass is 430 g/mol. The van der Waals surface area contributed by atoms with Crippen molar-refractivity contribution in [2.75, 3.05) is 23.4 Å². The van der Waals surface area contributed by atoms with Gasteiger partial charge in [-0.2, -0.15) is 0 Å². The lowest BCUT2D eigenvalue weighted by atomic mass is 10.1. The van der Waals surface area contributed by atoms with E-state index in [0.717, 1.165) is 16.8 Å². The Balaban J connectivity index is 1.31. The highest BCUT2D eigenvalue weighted by Crippen LogP contribution is 2.30. The van der Waals surface area contributed by atoms with Crippen LogP contribution in [0.3, 0.4) is 0 Å². The normalized spacial score (nSPS) is 12.1. The SMILES string of the molecule is O=C(Nc1ccc2c(c1)CCN2C(=O)COC(=O)c1ccccc1)OCc1ccccc1. The highest BCUT2D eigenvalue weighted by atomic mass is 16.5. The molecule has 0 unspecified atom stereocenters. The lowest BCUT2D eigenvalue weighted by Crippen LogP contribution is -2.33. The first-order valence-corrected chi connectivity index (χ1v) is 10.2. The Morgan fingerprint density at radius 2 is 1.59 bits per heavy atom. The highest BCUT2D eigenvalue weighted by Gasteiger charge is 2.26. The van der Waals surface area contributed by atoms with E-state index >= 15 is 0 Å². The second-order valence-electron chi connectivity index (χ2n) is 7.27. The number of ether oxygens (including phenoxy) is 2. The molecule has 0 radical (unpaired) electrons. The van der Waals surface area contributed by atoms with Crippen molar-refractivity contribution in [3.8, 4) is 0 Å². The van der Waals surface area contributed by atoms with Crippen molar-refractivity contribution in [3.63, 3.8) is 0 Å². The molecular weight excluding hydrogens is 408 g/mol. The summed E-state index contributed by atoms with van der Waals surface area (Å²) in [6.45, 7) is 0.333. The van der Waals surface area contributed by atoms with Gasteiger partial charge in [0.15, 0.2) is 6.61 Å². The predicted molar refractivity (Wildman–Crippen MR) is 119 cm³/mol. The molecule has 0 spiro atoms. The largest absolute Gasteiger partial charge is 0.452 e. The van der Waals surface area contributed by atoms with Crippen LogP contribution in [-0.2, 0) is 27.3 Å². The smallest absolute Gasteiger partial charge is 0.411 e. The molecule has 3 aromatic rings. The lowest BCUT2D eigenvalue weighted by molar-refractivity contribution is -0.121. The van der Waals surface area contributed by atoms with Crippen LogP contribution in [0, 0.1) is 0 Å². The molecule has 0 bridgehead atoms. The molecular formula is C25H22N2O5. The first kappa shape index (κ1) is 21.1. The molecule has 1 aliphatic heterocycles. The maximum Gasteiger partial charge on any atom is 0.411 e. The van der Waals surface area contributed by atoms with Gasteiger partial charge in [-0.05, 0) is 47.9 Å². The fraction of sp³-hybridized carbons (Fsp3) is 0.160. The molecule has 0 atom stereocenters. The van der Waals surface area contributed by atoms with Crippen LogP contribution in [0.1, 0.15) is 21.5 Å². The van der Waals surface area contributed by atoms with Crippen LogP contribution in [0.4, 0.5) is 16.2 Å². The quantitative estimate of drug-likeness (QED) is 0.593. The number of benzene rings is 3. The summed E-state index contributed by atoms with van der Waals surface area (Å²) in [6, 6.07) is 23.3. The topological polar surface area (TPSA) is 84.9 Å². The summed E-state index contributed by atoms with van der Waals surface area (Å²) in [5.74, 6) is -0.831. The lowest BCUT2D eigenvalue weighted by Gasteiger charge is -2.17. The van der Waals surface area contributed by atoms with Gasteiger partial charge in [0.05, 0.1) is 5.56 Å². The molecule has 4 rings (SSSR count). The number of esters is 1. The standard InChI is InChI=1S/C25H22N2O5/c28-23(17-31-24(29)19-9-5-2-6-10-19)27-14-13-20-15-21(11-12-22(20)27)26-25(30)32-16-18-7-3-1-4-8-18/h1-12,15H,13-14,16-17H2,(H,26,30). The van der Waals surface area contributed by atoms with Crippen LogP contribution >= 0.6 is 0 Å². The number of carbonyl (C=O) groups excluding carboxylic acids is 3. The second-order valence-corrected chi connectivity index (χ2v) is 7.27. The van der Waals surface area contributed by atoms with Crippen LogP contribution in [0.2, 0.25) is 0 Å². The third kappa shape index (κ3) is 5.13. The van der Waals surface area contributed by atoms with Crippen LogP contribution in [0.15, 0.2) is 78.9 Å². The number of carbonyl (C=O) groups is 3. The van der Waals surface area contributed by atoms with E-state index in [4.69, 9.17) is 9.47 Å². The Morgan fingerprint density at radius 1 is 0.875 bits per heavy atom. The Morgan fingerprint density at radius 3 is 2.34 bits per heavy atom. The summed E-state index contributed by atoms with van der Waals surface area (Å²) in [7, 11) is 0. The van der Waals surface area contributed by atoms with E-state index in [9.17, 15) is 14.4 Å². The molecule has 0 saturated heterocycles. The summed E-state index contributed by atoms with van der Waals surface area (Å²) in [4.78, 5) is 38.3. The number of fused-ring (bicyclic) bond motifs is 1. The van der Waals surface area contributed by atoms with Crippen molar-refractivity contribution >= 4 is 29.3 Å². The number of hydrogen-bond acceptors (Lipinski definition) is 5. The Bertz CT molecular complexity index is 1120. The van der Waals surface area contributed by atoms with Gasteiger partial charge >= 0.3 is 12.1 Å². The van der Waals surface area contributed by atoms with Gasteiger partial charge in [0.1, 0.15) is 6.61 Å². The molecule has 162 valence electrons. The fourth-order valence-electron chi connectivity index (χ4n) is 3.48. The molecule has 7 heteroatoms. The van der Waals surface area contributed by atoms with Gasteiger partial charge in [-0.25, -0.2) is 9.59 Å². The third-order valence-electron chi connectivity index (χ3n) is 5.07. The maximum absolute atomic E-state index is 12.6. The van der Waals surface area contributed by atoms with Gasteiger partial charge in [-0.15, -0.1) is 0 Å². The van der Waals surface area contributed by atoms with Gasteiger partial charge < -0.3 is 14.4 Å². The van der Waals surface area contributed by atoms with Crippen molar-refractivity contribution in [3.05, 3.63) is 95.6 Å². The molecule has 0 aliphatic carbocycles. The average Bonchev–Trinajstić information content (AvgIpc) is 3.25. The zero-order valence-corrected chi connectivity index (χ0v) is 17.3. The number of nitrogens with one attached hydrogen (secondary N) is 1. The van der Waals surface area contributed by atoms with Crippen molar-refractivity contribution in [2.24, 2.45) is 0 Å². The first-order chi connectivity index (χ1) is 15.6. The summed E-state index contributed by atoms with van der Waals surface area (Å²) >= 11 is 0. The summed E-state index contributed by atoms with van der Waals surface area (Å²) in [6.07, 6.45) is 0.0926. The van der Waals surface area contributed by atoms with Crippen LogP contribution in [-0.4, -0.2) is 31.1 Å². The second kappa shape index (κ2) is 9.78. The summed E-state index contributed by atoms with van der Waals surface area (Å²) in [5.41, 5.74) is 3.56. The fourth-order valence-corrected chi connectivity index (χ4v) is 3.48. The van der Waals surface area contributed by atoms with E-state index in [1.165, 1.54) is 0 Å². The molecule has 0 saturated carbocycles. The number of hydrogen-bond donors (Lipinski definition) is 1. The Kier molecular flexibility index (Phi) is 6.46. The molecule has 0 fully saturated rings. The molecule has 0 aromatic heterocycles. The van der Waals surface area contributed by atoms with E-state index in [2.05, 4.69) is 5.32 Å². The third-order valence-corrected chi connectivity index (χ3v) is 5.07. The number of amides is 2. The Labute approximate surface area is 185 Å².